The number of urea groups is 1. The number of carbonyl (C=O) groups excluding carboxylic acids is 1. The quantitative estimate of drug-likeness (QED) is 0.752. The first-order valence-electron chi connectivity index (χ1n) is 7.00. The van der Waals surface area contributed by atoms with Gasteiger partial charge in [0.15, 0.2) is 0 Å². The van der Waals surface area contributed by atoms with E-state index in [4.69, 9.17) is 4.74 Å². The van der Waals surface area contributed by atoms with Crippen LogP contribution in [-0.2, 0) is 9.53 Å². The average molecular weight is 284 g/mol. The van der Waals surface area contributed by atoms with Crippen molar-refractivity contribution in [2.45, 2.75) is 31.7 Å². The van der Waals surface area contributed by atoms with Crippen LogP contribution in [0.2, 0.25) is 0 Å². The van der Waals surface area contributed by atoms with Gasteiger partial charge in [0, 0.05) is 26.7 Å². The Morgan fingerprint density at radius 3 is 2.80 bits per heavy atom. The number of rotatable bonds is 6. The third-order valence-corrected chi connectivity index (χ3v) is 3.47. The Hall–Kier alpha value is -1.56. The van der Waals surface area contributed by atoms with Gasteiger partial charge in [-0.3, -0.25) is 0 Å². The largest absolute Gasteiger partial charge is 0.480 e. The molecule has 0 aromatic heterocycles. The average Bonchev–Trinajstić information content (AvgIpc) is 2.68. The predicted molar refractivity (Wildman–Crippen MR) is 75.6 cm³/mol. The molecule has 0 radical (unpaired) electrons. The van der Waals surface area contributed by atoms with Gasteiger partial charge in [-0.1, -0.05) is 18.9 Å². The van der Waals surface area contributed by atoms with Crippen molar-refractivity contribution < 1.29 is 19.4 Å². The lowest BCUT2D eigenvalue weighted by Gasteiger charge is -2.32. The molecule has 20 heavy (non-hydrogen) atoms. The van der Waals surface area contributed by atoms with Gasteiger partial charge < -0.3 is 19.6 Å². The molecule has 0 aromatic carbocycles. The number of hydrogen-bond acceptors (Lipinski definition) is 3. The number of likely N-dealkylation sites (tertiary alicyclic amines) is 1. The lowest BCUT2D eigenvalue weighted by molar-refractivity contribution is -0.142. The number of methoxy groups -OCH3 is 1. The van der Waals surface area contributed by atoms with Crippen LogP contribution >= 0.6 is 0 Å². The fraction of sp³-hybridized carbons (Fsp3) is 0.714. The third kappa shape index (κ3) is 4.52. The third-order valence-electron chi connectivity index (χ3n) is 3.47. The predicted octanol–water partition coefficient (Wildman–Crippen LogP) is 1.57. The molecule has 0 aliphatic carbocycles. The topological polar surface area (TPSA) is 70.1 Å². The molecule has 1 atom stereocenters. The van der Waals surface area contributed by atoms with Gasteiger partial charge in [0.25, 0.3) is 0 Å². The van der Waals surface area contributed by atoms with E-state index >= 15 is 0 Å². The highest BCUT2D eigenvalue weighted by atomic mass is 16.5. The second kappa shape index (κ2) is 8.58. The van der Waals surface area contributed by atoms with E-state index in [0.29, 0.717) is 32.7 Å². The summed E-state index contributed by atoms with van der Waals surface area (Å²) in [5.41, 5.74) is 0. The Morgan fingerprint density at radius 1 is 1.45 bits per heavy atom. The normalized spacial score (nSPS) is 19.2. The lowest BCUT2D eigenvalue weighted by atomic mass is 10.1. The standard InChI is InChI=1S/C14H24N2O4/c1-3-8-15(10-11-20-2)14(19)16-9-6-4-5-7-12(16)13(17)18/h3,12H,1,4-11H2,2H3,(H,17,18). The molecule has 1 unspecified atom stereocenters. The smallest absolute Gasteiger partial charge is 0.326 e. The van der Waals surface area contributed by atoms with Crippen LogP contribution in [0.25, 0.3) is 0 Å². The summed E-state index contributed by atoms with van der Waals surface area (Å²) in [7, 11) is 1.57. The molecule has 1 aliphatic rings. The van der Waals surface area contributed by atoms with E-state index in [1.807, 2.05) is 0 Å². The zero-order chi connectivity index (χ0) is 15.0. The molecule has 0 spiro atoms. The zero-order valence-corrected chi connectivity index (χ0v) is 12.1. The molecule has 2 amide bonds. The number of aliphatic carboxylic acids is 1. The van der Waals surface area contributed by atoms with E-state index in [0.717, 1.165) is 19.3 Å². The van der Waals surface area contributed by atoms with Crippen LogP contribution in [0.4, 0.5) is 4.79 Å². The fourth-order valence-electron chi connectivity index (χ4n) is 2.40. The van der Waals surface area contributed by atoms with Crippen LogP contribution in [0, 0.1) is 0 Å². The Balaban J connectivity index is 2.81. The maximum Gasteiger partial charge on any atom is 0.326 e. The molecule has 1 aliphatic heterocycles. The van der Waals surface area contributed by atoms with E-state index in [1.54, 1.807) is 18.1 Å². The summed E-state index contributed by atoms with van der Waals surface area (Å²) in [5.74, 6) is -0.925. The molecule has 1 fully saturated rings. The maximum atomic E-state index is 12.5. The fourth-order valence-corrected chi connectivity index (χ4v) is 2.40. The van der Waals surface area contributed by atoms with Gasteiger partial charge in [0.05, 0.1) is 6.61 Å². The molecule has 6 heteroatoms. The van der Waals surface area contributed by atoms with Crippen molar-refractivity contribution in [2.24, 2.45) is 0 Å². The van der Waals surface area contributed by atoms with Crippen molar-refractivity contribution in [2.75, 3.05) is 33.4 Å². The van der Waals surface area contributed by atoms with Crippen LogP contribution in [0.5, 0.6) is 0 Å². The number of hydrogen-bond donors (Lipinski definition) is 1. The van der Waals surface area contributed by atoms with Gasteiger partial charge in [-0.15, -0.1) is 6.58 Å². The second-order valence-corrected chi connectivity index (χ2v) is 4.91. The summed E-state index contributed by atoms with van der Waals surface area (Å²) < 4.78 is 4.99. The first kappa shape index (κ1) is 16.5. The molecule has 1 rings (SSSR count). The summed E-state index contributed by atoms with van der Waals surface area (Å²) in [4.78, 5) is 27.0. The van der Waals surface area contributed by atoms with E-state index in [9.17, 15) is 14.7 Å². The number of amides is 2. The van der Waals surface area contributed by atoms with Gasteiger partial charge in [-0.25, -0.2) is 9.59 Å². The van der Waals surface area contributed by atoms with Gasteiger partial charge in [0.1, 0.15) is 6.04 Å². The van der Waals surface area contributed by atoms with Gasteiger partial charge in [-0.05, 0) is 12.8 Å². The minimum Gasteiger partial charge on any atom is -0.480 e. The van der Waals surface area contributed by atoms with E-state index < -0.39 is 12.0 Å². The summed E-state index contributed by atoms with van der Waals surface area (Å²) in [6, 6.07) is -0.962. The molecule has 0 bridgehead atoms. The van der Waals surface area contributed by atoms with Crippen molar-refractivity contribution in [3.8, 4) is 0 Å². The number of nitrogens with zero attached hydrogens (tertiary/aromatic N) is 2. The molecular weight excluding hydrogens is 260 g/mol. The van der Waals surface area contributed by atoms with Crippen LogP contribution in [0.15, 0.2) is 12.7 Å². The molecule has 0 aromatic rings. The van der Waals surface area contributed by atoms with Gasteiger partial charge in [0.2, 0.25) is 0 Å². The van der Waals surface area contributed by atoms with Crippen molar-refractivity contribution in [3.63, 3.8) is 0 Å². The Labute approximate surface area is 120 Å². The van der Waals surface area contributed by atoms with Gasteiger partial charge in [-0.2, -0.15) is 0 Å². The Morgan fingerprint density at radius 2 is 2.20 bits per heavy atom. The second-order valence-electron chi connectivity index (χ2n) is 4.91. The van der Waals surface area contributed by atoms with E-state index in [1.165, 1.54) is 4.90 Å². The first-order valence-corrected chi connectivity index (χ1v) is 7.00. The summed E-state index contributed by atoms with van der Waals surface area (Å²) in [6.07, 6.45) is 4.82. The van der Waals surface area contributed by atoms with Crippen molar-refractivity contribution in [1.29, 1.82) is 0 Å². The van der Waals surface area contributed by atoms with Crippen LogP contribution < -0.4 is 0 Å². The molecule has 6 nitrogen and oxygen atoms in total. The SMILES string of the molecule is C=CCN(CCOC)C(=O)N1CCCCCC1C(=O)O. The first-order chi connectivity index (χ1) is 9.61. The Bertz CT molecular complexity index is 346. The molecular formula is C14H24N2O4. The highest BCUT2D eigenvalue weighted by molar-refractivity contribution is 5.82. The monoisotopic (exact) mass is 284 g/mol. The molecule has 0 saturated carbocycles. The van der Waals surface area contributed by atoms with Crippen molar-refractivity contribution >= 4 is 12.0 Å². The van der Waals surface area contributed by atoms with E-state index in [-0.39, 0.29) is 6.03 Å². The molecule has 1 N–H and O–H groups in total. The maximum absolute atomic E-state index is 12.5. The summed E-state index contributed by atoms with van der Waals surface area (Å²) in [6.45, 7) is 5.39. The Kier molecular flexibility index (Phi) is 7.08. The number of carbonyl (C=O) groups is 2. The summed E-state index contributed by atoms with van der Waals surface area (Å²) >= 11 is 0. The minimum atomic E-state index is -0.925. The number of carboxylic acid groups (broad SMARTS) is 1. The number of carboxylic acids is 1. The van der Waals surface area contributed by atoms with Crippen LogP contribution in [-0.4, -0.2) is 66.3 Å². The highest BCUT2D eigenvalue weighted by Gasteiger charge is 2.32. The van der Waals surface area contributed by atoms with E-state index in [2.05, 4.69) is 6.58 Å². The van der Waals surface area contributed by atoms with Crippen LogP contribution in [0.1, 0.15) is 25.7 Å². The van der Waals surface area contributed by atoms with Crippen molar-refractivity contribution in [1.82, 2.24) is 9.80 Å². The lowest BCUT2D eigenvalue weighted by Crippen LogP contribution is -2.51. The molecule has 1 heterocycles. The minimum absolute atomic E-state index is 0.240. The van der Waals surface area contributed by atoms with Gasteiger partial charge >= 0.3 is 12.0 Å². The molecule has 114 valence electrons. The molecule has 1 saturated heterocycles. The zero-order valence-electron chi connectivity index (χ0n) is 12.1. The highest BCUT2D eigenvalue weighted by Crippen LogP contribution is 2.18. The summed E-state index contributed by atoms with van der Waals surface area (Å²) in [5, 5.41) is 9.31. The van der Waals surface area contributed by atoms with Crippen molar-refractivity contribution in [3.05, 3.63) is 12.7 Å². The number of ether oxygens (including phenoxy) is 1. The van der Waals surface area contributed by atoms with Crippen LogP contribution in [0.3, 0.4) is 0 Å².